The van der Waals surface area contributed by atoms with Gasteiger partial charge in [-0.15, -0.1) is 22.7 Å². The Hall–Kier alpha value is -1.45. The van der Waals surface area contributed by atoms with Gasteiger partial charge in [0.1, 0.15) is 0 Å². The summed E-state index contributed by atoms with van der Waals surface area (Å²) in [6, 6.07) is 13.7. The number of rotatable bonds is 3. The molecule has 0 unspecified atom stereocenters. The number of aryl methyl sites for hydroxylation is 1. The molecule has 0 N–H and O–H groups in total. The third-order valence-corrected chi connectivity index (χ3v) is 5.41. The lowest BCUT2D eigenvalue weighted by Crippen LogP contribution is -1.97. The molecule has 0 bridgehead atoms. The Morgan fingerprint density at radius 1 is 1.11 bits per heavy atom. The van der Waals surface area contributed by atoms with Gasteiger partial charge >= 0.3 is 0 Å². The summed E-state index contributed by atoms with van der Waals surface area (Å²) in [4.78, 5) is 14.5. The van der Waals surface area contributed by atoms with Crippen LogP contribution in [0.2, 0.25) is 0 Å². The Morgan fingerprint density at radius 3 is 2.56 bits per heavy atom. The molecule has 0 amide bonds. The summed E-state index contributed by atoms with van der Waals surface area (Å²) in [6.07, 6.45) is 1.06. The molecule has 0 saturated carbocycles. The van der Waals surface area contributed by atoms with Gasteiger partial charge in [0.25, 0.3) is 0 Å². The molecule has 0 radical (unpaired) electrons. The van der Waals surface area contributed by atoms with Gasteiger partial charge in [0, 0.05) is 15.8 Å². The lowest BCUT2D eigenvalue weighted by atomic mass is 10.1. The van der Waals surface area contributed by atoms with Crippen molar-refractivity contribution in [2.24, 2.45) is 0 Å². The van der Waals surface area contributed by atoms with E-state index in [4.69, 9.17) is 0 Å². The maximum absolute atomic E-state index is 12.3. The van der Waals surface area contributed by atoms with Gasteiger partial charge in [-0.05, 0) is 18.6 Å². The molecule has 0 aliphatic heterocycles. The fraction of sp³-hybridized carbons (Fsp3) is 0.133. The van der Waals surface area contributed by atoms with Crippen LogP contribution in [-0.2, 0) is 6.42 Å². The number of carbonyl (C=O) groups is 1. The zero-order valence-electron chi connectivity index (χ0n) is 9.97. The summed E-state index contributed by atoms with van der Waals surface area (Å²) in [5.41, 5.74) is 0.766. The molecule has 18 heavy (non-hydrogen) atoms. The fourth-order valence-electron chi connectivity index (χ4n) is 1.91. The van der Waals surface area contributed by atoms with E-state index in [1.165, 1.54) is 14.3 Å². The van der Waals surface area contributed by atoms with Crippen LogP contribution in [0, 0.1) is 0 Å². The van der Waals surface area contributed by atoms with Crippen LogP contribution < -0.4 is 0 Å². The molecule has 3 aromatic rings. The Kier molecular flexibility index (Phi) is 3.02. The van der Waals surface area contributed by atoms with E-state index in [9.17, 15) is 4.79 Å². The highest BCUT2D eigenvalue weighted by Crippen LogP contribution is 2.34. The molecule has 0 atom stereocenters. The van der Waals surface area contributed by atoms with E-state index in [1.54, 1.807) is 22.7 Å². The topological polar surface area (TPSA) is 17.1 Å². The molecular formula is C15H12OS2. The fourth-order valence-corrected chi connectivity index (χ4v) is 4.30. The van der Waals surface area contributed by atoms with Crippen LogP contribution in [0.25, 0.3) is 9.40 Å². The van der Waals surface area contributed by atoms with Crippen LogP contribution in [0.5, 0.6) is 0 Å². The molecule has 0 saturated heterocycles. The highest BCUT2D eigenvalue weighted by molar-refractivity contribution is 7.39. The van der Waals surface area contributed by atoms with Crippen molar-refractivity contribution in [3.05, 3.63) is 57.8 Å². The van der Waals surface area contributed by atoms with Gasteiger partial charge < -0.3 is 0 Å². The third-order valence-electron chi connectivity index (χ3n) is 2.87. The molecule has 0 aliphatic rings. The summed E-state index contributed by atoms with van der Waals surface area (Å²) < 4.78 is 1.26. The molecule has 0 fully saturated rings. The maximum atomic E-state index is 12.3. The minimum Gasteiger partial charge on any atom is -0.288 e. The minimum absolute atomic E-state index is 0.127. The Morgan fingerprint density at radius 2 is 1.89 bits per heavy atom. The van der Waals surface area contributed by atoms with Crippen molar-refractivity contribution in [2.45, 2.75) is 13.3 Å². The van der Waals surface area contributed by atoms with E-state index in [-0.39, 0.29) is 5.78 Å². The molecule has 1 nitrogen and oxygen atoms in total. The molecule has 3 rings (SSSR count). The highest BCUT2D eigenvalue weighted by Gasteiger charge is 2.13. The van der Waals surface area contributed by atoms with Gasteiger partial charge in [-0.3, -0.25) is 4.79 Å². The first-order valence-corrected chi connectivity index (χ1v) is 7.53. The second-order valence-electron chi connectivity index (χ2n) is 4.11. The van der Waals surface area contributed by atoms with Crippen molar-refractivity contribution in [2.75, 3.05) is 0 Å². The van der Waals surface area contributed by atoms with Crippen LogP contribution in [0.15, 0.2) is 42.5 Å². The molecule has 3 heteroatoms. The number of ketones is 1. The van der Waals surface area contributed by atoms with Crippen molar-refractivity contribution in [1.29, 1.82) is 0 Å². The molecule has 0 spiro atoms. The zero-order chi connectivity index (χ0) is 12.5. The van der Waals surface area contributed by atoms with Gasteiger partial charge in [-0.1, -0.05) is 37.3 Å². The summed E-state index contributed by atoms with van der Waals surface area (Å²) in [5.74, 6) is 0.127. The van der Waals surface area contributed by atoms with E-state index in [0.29, 0.717) is 0 Å². The first-order chi connectivity index (χ1) is 8.78. The summed E-state index contributed by atoms with van der Waals surface area (Å²) >= 11 is 3.40. The SMILES string of the molecule is CCc1cc2cc(C(=O)c3ccccc3)sc2s1. The molecule has 0 aliphatic carbocycles. The standard InChI is InChI=1S/C15H12OS2/c1-2-12-8-11-9-13(18-15(11)17-12)14(16)10-6-4-3-5-7-10/h3-9H,2H2,1H3. The van der Waals surface area contributed by atoms with Gasteiger partial charge in [-0.25, -0.2) is 0 Å². The smallest absolute Gasteiger partial charge is 0.203 e. The van der Waals surface area contributed by atoms with Crippen LogP contribution in [-0.4, -0.2) is 5.78 Å². The number of benzene rings is 1. The summed E-state index contributed by atoms with van der Waals surface area (Å²) in [5, 5.41) is 1.21. The average Bonchev–Trinajstić information content (AvgIpc) is 2.96. The number of fused-ring (bicyclic) bond motifs is 1. The van der Waals surface area contributed by atoms with Gasteiger partial charge in [0.15, 0.2) is 0 Å². The van der Waals surface area contributed by atoms with E-state index < -0.39 is 0 Å². The number of hydrogen-bond acceptors (Lipinski definition) is 3. The maximum Gasteiger partial charge on any atom is 0.203 e. The second-order valence-corrected chi connectivity index (χ2v) is 6.56. The Labute approximate surface area is 114 Å². The van der Waals surface area contributed by atoms with Crippen molar-refractivity contribution in [3.8, 4) is 0 Å². The van der Waals surface area contributed by atoms with Gasteiger partial charge in [0.2, 0.25) is 5.78 Å². The molecule has 1 aromatic carbocycles. The van der Waals surface area contributed by atoms with E-state index in [0.717, 1.165) is 16.9 Å². The third kappa shape index (κ3) is 2.00. The summed E-state index contributed by atoms with van der Waals surface area (Å²) in [6.45, 7) is 2.16. The van der Waals surface area contributed by atoms with Gasteiger partial charge in [-0.2, -0.15) is 0 Å². The monoisotopic (exact) mass is 272 g/mol. The number of hydrogen-bond donors (Lipinski definition) is 0. The lowest BCUT2D eigenvalue weighted by Gasteiger charge is -1.96. The largest absolute Gasteiger partial charge is 0.288 e. The molecule has 2 aromatic heterocycles. The molecular weight excluding hydrogens is 260 g/mol. The van der Waals surface area contributed by atoms with Crippen LogP contribution in [0.1, 0.15) is 27.0 Å². The van der Waals surface area contributed by atoms with Gasteiger partial charge in [0.05, 0.1) is 8.89 Å². The second kappa shape index (κ2) is 4.67. The number of carbonyl (C=O) groups excluding carboxylic acids is 1. The van der Waals surface area contributed by atoms with E-state index >= 15 is 0 Å². The predicted octanol–water partition coefficient (Wildman–Crippen LogP) is 4.76. The normalized spacial score (nSPS) is 10.9. The minimum atomic E-state index is 0.127. The van der Waals surface area contributed by atoms with Crippen molar-refractivity contribution < 1.29 is 4.79 Å². The molecule has 2 heterocycles. The highest BCUT2D eigenvalue weighted by atomic mass is 32.2. The van der Waals surface area contributed by atoms with Crippen molar-refractivity contribution in [3.63, 3.8) is 0 Å². The lowest BCUT2D eigenvalue weighted by molar-refractivity contribution is 0.104. The quantitative estimate of drug-likeness (QED) is 0.628. The summed E-state index contributed by atoms with van der Waals surface area (Å²) in [7, 11) is 0. The molecule has 90 valence electrons. The van der Waals surface area contributed by atoms with E-state index in [1.807, 2.05) is 36.4 Å². The Bertz CT molecular complexity index is 660. The average molecular weight is 272 g/mol. The zero-order valence-corrected chi connectivity index (χ0v) is 11.6. The van der Waals surface area contributed by atoms with Crippen molar-refractivity contribution in [1.82, 2.24) is 0 Å². The number of thiophene rings is 2. The first-order valence-electron chi connectivity index (χ1n) is 5.90. The van der Waals surface area contributed by atoms with Crippen LogP contribution in [0.4, 0.5) is 0 Å². The van der Waals surface area contributed by atoms with Crippen LogP contribution in [0.3, 0.4) is 0 Å². The Balaban J connectivity index is 2.00. The van der Waals surface area contributed by atoms with Crippen LogP contribution >= 0.6 is 22.7 Å². The first kappa shape index (κ1) is 11.6. The van der Waals surface area contributed by atoms with Crippen molar-refractivity contribution >= 4 is 37.9 Å². The predicted molar refractivity (Wildman–Crippen MR) is 79.0 cm³/mol. The van der Waals surface area contributed by atoms with E-state index in [2.05, 4.69) is 13.0 Å².